The highest BCUT2D eigenvalue weighted by molar-refractivity contribution is 6.10. The average molecular weight is 478 g/mol. The highest BCUT2D eigenvalue weighted by atomic mass is 16.2. The van der Waals surface area contributed by atoms with E-state index >= 15 is 0 Å². The molecule has 4 aliphatic rings. The van der Waals surface area contributed by atoms with Crippen LogP contribution in [0.1, 0.15) is 71.8 Å². The summed E-state index contributed by atoms with van der Waals surface area (Å²) in [5, 5.41) is 0. The molecular weight excluding hydrogens is 438 g/mol. The average Bonchev–Trinajstić information content (AvgIpc) is 3.49. The molecule has 1 saturated carbocycles. The van der Waals surface area contributed by atoms with E-state index in [1.807, 2.05) is 30.2 Å². The van der Waals surface area contributed by atoms with E-state index in [0.29, 0.717) is 6.54 Å². The van der Waals surface area contributed by atoms with Crippen molar-refractivity contribution in [3.8, 4) is 0 Å². The Bertz CT molecular complexity index is 1040. The third kappa shape index (κ3) is 4.18. The quantitative estimate of drug-likeness (QED) is 0.517. The number of piperidine rings is 1. The molecule has 188 valence electrons. The van der Waals surface area contributed by atoms with Gasteiger partial charge in [-0.25, -0.2) is 4.99 Å². The molecule has 2 fully saturated rings. The lowest BCUT2D eigenvalue weighted by atomic mass is 9.98. The van der Waals surface area contributed by atoms with Crippen LogP contribution in [0.4, 0.5) is 5.69 Å². The van der Waals surface area contributed by atoms with Gasteiger partial charge >= 0.3 is 0 Å². The molecule has 35 heavy (non-hydrogen) atoms. The summed E-state index contributed by atoms with van der Waals surface area (Å²) in [6.07, 6.45) is 8.55. The van der Waals surface area contributed by atoms with Crippen LogP contribution in [0.2, 0.25) is 0 Å². The zero-order chi connectivity index (χ0) is 24.7. The topological polar surface area (TPSA) is 59.5 Å². The molecule has 0 aromatic heterocycles. The Kier molecular flexibility index (Phi) is 6.47. The first-order chi connectivity index (χ1) is 16.9. The first-order valence-electron chi connectivity index (χ1n) is 13.5. The molecule has 1 aliphatic carbocycles. The van der Waals surface area contributed by atoms with E-state index in [2.05, 4.69) is 35.8 Å². The van der Waals surface area contributed by atoms with Gasteiger partial charge in [-0.1, -0.05) is 38.8 Å². The van der Waals surface area contributed by atoms with Gasteiger partial charge in [-0.15, -0.1) is 0 Å². The van der Waals surface area contributed by atoms with Crippen molar-refractivity contribution in [3.63, 3.8) is 0 Å². The van der Waals surface area contributed by atoms with Crippen LogP contribution in [0.15, 0.2) is 35.5 Å². The van der Waals surface area contributed by atoms with Gasteiger partial charge < -0.3 is 9.80 Å². The maximum Gasteiger partial charge on any atom is 0.240 e. The minimum atomic E-state index is -0.331. The fourth-order valence-electron chi connectivity index (χ4n) is 5.94. The minimum absolute atomic E-state index is 0.0243. The van der Waals surface area contributed by atoms with Crippen molar-refractivity contribution >= 4 is 29.2 Å². The molecule has 3 aliphatic heterocycles. The number of hydrogen-bond donors (Lipinski definition) is 0. The Morgan fingerprint density at radius 2 is 1.86 bits per heavy atom. The Morgan fingerprint density at radius 3 is 2.49 bits per heavy atom. The number of rotatable bonds is 8. The molecule has 0 bridgehead atoms. The Hall–Kier alpha value is -2.67. The monoisotopic (exact) mass is 477 g/mol. The second-order valence-electron chi connectivity index (χ2n) is 10.6. The van der Waals surface area contributed by atoms with E-state index in [1.54, 1.807) is 11.8 Å². The van der Waals surface area contributed by atoms with Crippen LogP contribution in [-0.4, -0.2) is 64.3 Å². The second-order valence-corrected chi connectivity index (χ2v) is 10.6. The van der Waals surface area contributed by atoms with E-state index in [-0.39, 0.29) is 23.4 Å². The van der Waals surface area contributed by atoms with E-state index in [9.17, 15) is 9.59 Å². The van der Waals surface area contributed by atoms with Gasteiger partial charge in [0.15, 0.2) is 0 Å². The summed E-state index contributed by atoms with van der Waals surface area (Å²) in [4.78, 5) is 39.2. The number of guanidine groups is 1. The number of likely N-dealkylation sites (tertiary alicyclic amines) is 1. The number of aliphatic imine (C=N–C) groups is 1. The minimum Gasteiger partial charge on any atom is -0.313 e. The predicted octanol–water partition coefficient (Wildman–Crippen LogP) is 4.51. The van der Waals surface area contributed by atoms with Crippen LogP contribution in [-0.2, 0) is 9.59 Å². The third-order valence-corrected chi connectivity index (χ3v) is 8.22. The number of hydrogen-bond acceptors (Lipinski definition) is 5. The van der Waals surface area contributed by atoms with Crippen LogP contribution in [0, 0.1) is 11.8 Å². The number of benzene rings is 1. The van der Waals surface area contributed by atoms with Crippen molar-refractivity contribution in [3.05, 3.63) is 36.0 Å². The van der Waals surface area contributed by atoms with Gasteiger partial charge in [0.05, 0.1) is 11.6 Å². The molecule has 0 spiro atoms. The standard InChI is InChI=1S/C28H39N5O2/c1-5-7-8-15-32-25(22-9-11-23(12-10-22)31(6-2)21(4)34)19-33-26(35)24-18-28(24,29-27(32)33)30-16-13-20(3)14-17-30/h9-12,19-20,24H,5-8,13-18H2,1-4H3. The van der Waals surface area contributed by atoms with Crippen molar-refractivity contribution in [2.45, 2.75) is 71.9 Å². The number of unbranched alkanes of at least 4 members (excludes halogenated alkanes) is 2. The molecule has 5 rings (SSSR count). The highest BCUT2D eigenvalue weighted by Crippen LogP contribution is 2.55. The summed E-state index contributed by atoms with van der Waals surface area (Å²) in [6.45, 7) is 11.7. The van der Waals surface area contributed by atoms with Gasteiger partial charge in [0.1, 0.15) is 5.66 Å². The normalized spacial score (nSPS) is 26.3. The van der Waals surface area contributed by atoms with E-state index < -0.39 is 0 Å². The van der Waals surface area contributed by atoms with E-state index in [4.69, 9.17) is 4.99 Å². The maximum absolute atomic E-state index is 13.6. The summed E-state index contributed by atoms with van der Waals surface area (Å²) in [7, 11) is 0. The molecular formula is C28H39N5O2. The molecule has 2 unspecified atom stereocenters. The summed E-state index contributed by atoms with van der Waals surface area (Å²) in [5.74, 6) is 1.76. The fraction of sp³-hybridized carbons (Fsp3) is 0.607. The van der Waals surface area contributed by atoms with Gasteiger partial charge in [-0.2, -0.15) is 0 Å². The van der Waals surface area contributed by atoms with Gasteiger partial charge in [-0.3, -0.25) is 19.4 Å². The zero-order valence-electron chi connectivity index (χ0n) is 21.7. The number of carbonyl (C=O) groups is 2. The number of carbonyl (C=O) groups excluding carboxylic acids is 2. The van der Waals surface area contributed by atoms with Gasteiger partial charge in [0, 0.05) is 51.4 Å². The predicted molar refractivity (Wildman–Crippen MR) is 139 cm³/mol. The molecule has 7 heteroatoms. The third-order valence-electron chi connectivity index (χ3n) is 8.22. The Morgan fingerprint density at radius 1 is 1.14 bits per heavy atom. The van der Waals surface area contributed by atoms with Crippen molar-refractivity contribution in [1.29, 1.82) is 0 Å². The molecule has 2 atom stereocenters. The molecule has 0 N–H and O–H groups in total. The first kappa shape index (κ1) is 24.0. The lowest BCUT2D eigenvalue weighted by Gasteiger charge is -2.39. The maximum atomic E-state index is 13.6. The number of fused-ring (bicyclic) bond motifs is 2. The van der Waals surface area contributed by atoms with E-state index in [0.717, 1.165) is 74.1 Å². The van der Waals surface area contributed by atoms with Crippen LogP contribution >= 0.6 is 0 Å². The largest absolute Gasteiger partial charge is 0.313 e. The molecule has 1 aromatic carbocycles. The van der Waals surface area contributed by atoms with E-state index in [1.165, 1.54) is 12.8 Å². The summed E-state index contributed by atoms with van der Waals surface area (Å²) in [6, 6.07) is 8.12. The molecule has 1 saturated heterocycles. The molecule has 1 aromatic rings. The fourth-order valence-corrected chi connectivity index (χ4v) is 5.94. The number of nitrogens with zero attached hydrogens (tertiary/aromatic N) is 5. The smallest absolute Gasteiger partial charge is 0.240 e. The Labute approximate surface area is 209 Å². The number of amides is 2. The first-order valence-corrected chi connectivity index (χ1v) is 13.5. The highest BCUT2D eigenvalue weighted by Gasteiger charge is 2.67. The van der Waals surface area contributed by atoms with Crippen LogP contribution in [0.25, 0.3) is 5.70 Å². The van der Waals surface area contributed by atoms with Crippen molar-refractivity contribution in [1.82, 2.24) is 14.7 Å². The molecule has 3 heterocycles. The van der Waals surface area contributed by atoms with Crippen LogP contribution in [0.3, 0.4) is 0 Å². The SMILES string of the molecule is CCCCCN1C(c2ccc(N(CC)C(C)=O)cc2)=CN2C(=O)C3CC3(N3CCC(C)CC3)N=C21. The van der Waals surface area contributed by atoms with Crippen molar-refractivity contribution < 1.29 is 9.59 Å². The van der Waals surface area contributed by atoms with Gasteiger partial charge in [0.25, 0.3) is 0 Å². The Balaban J connectivity index is 1.45. The zero-order valence-corrected chi connectivity index (χ0v) is 21.7. The van der Waals surface area contributed by atoms with Crippen LogP contribution in [0.5, 0.6) is 0 Å². The second kappa shape index (κ2) is 9.41. The summed E-state index contributed by atoms with van der Waals surface area (Å²) >= 11 is 0. The van der Waals surface area contributed by atoms with Crippen molar-refractivity contribution in [2.75, 3.05) is 31.1 Å². The summed E-state index contributed by atoms with van der Waals surface area (Å²) < 4.78 is 0. The summed E-state index contributed by atoms with van der Waals surface area (Å²) in [5.41, 5.74) is 2.63. The van der Waals surface area contributed by atoms with Gasteiger partial charge in [0.2, 0.25) is 17.8 Å². The lowest BCUT2D eigenvalue weighted by Crippen LogP contribution is -2.51. The molecule has 2 amide bonds. The van der Waals surface area contributed by atoms with Crippen molar-refractivity contribution in [2.24, 2.45) is 16.8 Å². The lowest BCUT2D eigenvalue weighted by molar-refractivity contribution is -0.128. The van der Waals surface area contributed by atoms with Gasteiger partial charge in [-0.05, 0) is 49.8 Å². The number of anilines is 1. The van der Waals surface area contributed by atoms with Crippen LogP contribution < -0.4 is 4.90 Å². The molecule has 0 radical (unpaired) electrons. The molecule has 7 nitrogen and oxygen atoms in total.